The van der Waals surface area contributed by atoms with Crippen LogP contribution in [0.1, 0.15) is 70.1 Å². The van der Waals surface area contributed by atoms with Crippen molar-refractivity contribution in [1.82, 2.24) is 20.1 Å². The molecule has 1 aliphatic carbocycles. The Morgan fingerprint density at radius 1 is 1.20 bits per heavy atom. The molecule has 1 aliphatic heterocycles. The monoisotopic (exact) mass is 276 g/mol. The Bertz CT molecular complexity index is 451. The van der Waals surface area contributed by atoms with Gasteiger partial charge >= 0.3 is 0 Å². The summed E-state index contributed by atoms with van der Waals surface area (Å²) >= 11 is 0. The summed E-state index contributed by atoms with van der Waals surface area (Å²) in [6, 6.07) is 0.630. The third-order valence-corrected chi connectivity index (χ3v) is 5.54. The molecule has 1 saturated carbocycles. The molecule has 2 aliphatic rings. The van der Waals surface area contributed by atoms with Crippen LogP contribution in [0, 0.1) is 12.8 Å². The van der Waals surface area contributed by atoms with Crippen molar-refractivity contribution in [1.29, 1.82) is 0 Å². The molecule has 2 heterocycles. The van der Waals surface area contributed by atoms with Gasteiger partial charge in [0.05, 0.1) is 0 Å². The minimum Gasteiger partial charge on any atom is -0.316 e. The SMILES string of the molecule is Cc1nnc(C2(C(C)C)CCNC2)n1C1CCCCC1. The Hall–Kier alpha value is -0.900. The first-order valence-electron chi connectivity index (χ1n) is 8.28. The second kappa shape index (κ2) is 5.47. The van der Waals surface area contributed by atoms with E-state index in [-0.39, 0.29) is 5.41 Å². The van der Waals surface area contributed by atoms with E-state index in [4.69, 9.17) is 0 Å². The van der Waals surface area contributed by atoms with Crippen molar-refractivity contribution >= 4 is 0 Å². The third-order valence-electron chi connectivity index (χ3n) is 5.54. The Labute approximate surface area is 122 Å². The van der Waals surface area contributed by atoms with Gasteiger partial charge in [-0.25, -0.2) is 0 Å². The van der Waals surface area contributed by atoms with Gasteiger partial charge in [0.2, 0.25) is 0 Å². The molecule has 0 amide bonds. The molecular formula is C16H28N4. The topological polar surface area (TPSA) is 42.7 Å². The highest BCUT2D eigenvalue weighted by Crippen LogP contribution is 2.40. The second-order valence-corrected chi connectivity index (χ2v) is 6.97. The highest BCUT2D eigenvalue weighted by Gasteiger charge is 2.43. The number of hydrogen-bond acceptors (Lipinski definition) is 3. The number of aryl methyl sites for hydroxylation is 1. The smallest absolute Gasteiger partial charge is 0.141 e. The molecule has 0 aromatic carbocycles. The fraction of sp³-hybridized carbons (Fsp3) is 0.875. The molecule has 0 bridgehead atoms. The molecule has 112 valence electrons. The summed E-state index contributed by atoms with van der Waals surface area (Å²) in [6.45, 7) is 8.95. The van der Waals surface area contributed by atoms with Crippen LogP contribution in [0.25, 0.3) is 0 Å². The lowest BCUT2D eigenvalue weighted by Gasteiger charge is -2.35. The van der Waals surface area contributed by atoms with Crippen molar-refractivity contribution in [2.75, 3.05) is 13.1 Å². The number of nitrogens with zero attached hydrogens (tertiary/aromatic N) is 3. The molecule has 0 spiro atoms. The standard InChI is InChI=1S/C16H28N4/c1-12(2)16(9-10-17-11-16)15-19-18-13(3)20(15)14-7-5-4-6-8-14/h12,14,17H,4-11H2,1-3H3. The van der Waals surface area contributed by atoms with E-state index in [1.807, 2.05) is 0 Å². The van der Waals surface area contributed by atoms with Gasteiger partial charge in [-0.1, -0.05) is 33.1 Å². The minimum atomic E-state index is 0.179. The van der Waals surface area contributed by atoms with E-state index in [9.17, 15) is 0 Å². The molecule has 4 heteroatoms. The molecule has 1 aromatic rings. The van der Waals surface area contributed by atoms with Gasteiger partial charge in [0.1, 0.15) is 11.6 Å². The summed E-state index contributed by atoms with van der Waals surface area (Å²) < 4.78 is 2.49. The van der Waals surface area contributed by atoms with Crippen molar-refractivity contribution in [3.63, 3.8) is 0 Å². The Balaban J connectivity index is 2.00. The van der Waals surface area contributed by atoms with Gasteiger partial charge in [-0.2, -0.15) is 0 Å². The molecule has 1 aromatic heterocycles. The Morgan fingerprint density at radius 2 is 1.95 bits per heavy atom. The van der Waals surface area contributed by atoms with Gasteiger partial charge in [0.15, 0.2) is 0 Å². The van der Waals surface area contributed by atoms with Crippen molar-refractivity contribution in [3.8, 4) is 0 Å². The van der Waals surface area contributed by atoms with Crippen LogP contribution in [-0.2, 0) is 5.41 Å². The fourth-order valence-electron chi connectivity index (χ4n) is 4.14. The quantitative estimate of drug-likeness (QED) is 0.923. The molecule has 3 rings (SSSR count). The first-order valence-corrected chi connectivity index (χ1v) is 8.28. The summed E-state index contributed by atoms with van der Waals surface area (Å²) in [4.78, 5) is 0. The summed E-state index contributed by atoms with van der Waals surface area (Å²) in [5.74, 6) is 2.96. The predicted molar refractivity (Wildman–Crippen MR) is 80.9 cm³/mol. The molecule has 1 saturated heterocycles. The van der Waals surface area contributed by atoms with Gasteiger partial charge in [-0.15, -0.1) is 10.2 Å². The predicted octanol–water partition coefficient (Wildman–Crippen LogP) is 2.98. The maximum Gasteiger partial charge on any atom is 0.141 e. The van der Waals surface area contributed by atoms with Crippen molar-refractivity contribution in [2.24, 2.45) is 5.92 Å². The maximum absolute atomic E-state index is 4.64. The molecule has 1 atom stereocenters. The third kappa shape index (κ3) is 2.18. The van der Waals surface area contributed by atoms with Crippen molar-refractivity contribution < 1.29 is 0 Å². The van der Waals surface area contributed by atoms with Crippen LogP contribution in [0.5, 0.6) is 0 Å². The summed E-state index contributed by atoms with van der Waals surface area (Å²) in [6.07, 6.45) is 7.89. The van der Waals surface area contributed by atoms with Crippen LogP contribution in [0.4, 0.5) is 0 Å². The van der Waals surface area contributed by atoms with Crippen LogP contribution in [0.3, 0.4) is 0 Å². The van der Waals surface area contributed by atoms with E-state index >= 15 is 0 Å². The van der Waals surface area contributed by atoms with Gasteiger partial charge in [0.25, 0.3) is 0 Å². The van der Waals surface area contributed by atoms with Crippen LogP contribution < -0.4 is 5.32 Å². The molecular weight excluding hydrogens is 248 g/mol. The highest BCUT2D eigenvalue weighted by molar-refractivity contribution is 5.17. The minimum absolute atomic E-state index is 0.179. The van der Waals surface area contributed by atoms with E-state index in [0.717, 1.165) is 18.9 Å². The van der Waals surface area contributed by atoms with E-state index in [2.05, 4.69) is 40.9 Å². The number of hydrogen-bond donors (Lipinski definition) is 1. The van der Waals surface area contributed by atoms with E-state index in [1.165, 1.54) is 44.3 Å². The lowest BCUT2D eigenvalue weighted by atomic mass is 9.75. The van der Waals surface area contributed by atoms with Crippen LogP contribution in [0.15, 0.2) is 0 Å². The first-order chi connectivity index (χ1) is 9.65. The zero-order chi connectivity index (χ0) is 14.2. The summed E-state index contributed by atoms with van der Waals surface area (Å²) in [7, 11) is 0. The molecule has 0 radical (unpaired) electrons. The van der Waals surface area contributed by atoms with Gasteiger partial charge in [0, 0.05) is 18.0 Å². The fourth-order valence-corrected chi connectivity index (χ4v) is 4.14. The normalized spacial score (nSPS) is 28.4. The highest BCUT2D eigenvalue weighted by atomic mass is 15.3. The van der Waals surface area contributed by atoms with E-state index in [0.29, 0.717) is 12.0 Å². The van der Waals surface area contributed by atoms with E-state index in [1.54, 1.807) is 0 Å². The molecule has 4 nitrogen and oxygen atoms in total. The first kappa shape index (κ1) is 14.1. The molecule has 1 N–H and O–H groups in total. The lowest BCUT2D eigenvalue weighted by molar-refractivity contribution is 0.272. The average molecular weight is 276 g/mol. The van der Waals surface area contributed by atoms with E-state index < -0.39 is 0 Å². The largest absolute Gasteiger partial charge is 0.316 e. The van der Waals surface area contributed by atoms with Crippen LogP contribution in [-0.4, -0.2) is 27.9 Å². The van der Waals surface area contributed by atoms with Crippen LogP contribution in [0.2, 0.25) is 0 Å². The lowest BCUT2D eigenvalue weighted by Crippen LogP contribution is -2.38. The molecule has 2 fully saturated rings. The van der Waals surface area contributed by atoms with Crippen molar-refractivity contribution in [3.05, 3.63) is 11.6 Å². The number of rotatable bonds is 3. The zero-order valence-electron chi connectivity index (χ0n) is 13.2. The maximum atomic E-state index is 4.64. The van der Waals surface area contributed by atoms with Gasteiger partial charge in [-0.05, 0) is 38.6 Å². The number of aromatic nitrogens is 3. The van der Waals surface area contributed by atoms with Gasteiger partial charge in [-0.3, -0.25) is 0 Å². The van der Waals surface area contributed by atoms with Crippen LogP contribution >= 0.6 is 0 Å². The Morgan fingerprint density at radius 3 is 2.55 bits per heavy atom. The average Bonchev–Trinajstić information content (AvgIpc) is 3.07. The Kier molecular flexibility index (Phi) is 3.85. The van der Waals surface area contributed by atoms with Gasteiger partial charge < -0.3 is 9.88 Å². The summed E-state index contributed by atoms with van der Waals surface area (Å²) in [5, 5.41) is 12.6. The second-order valence-electron chi connectivity index (χ2n) is 6.97. The molecule has 20 heavy (non-hydrogen) atoms. The molecule has 1 unspecified atom stereocenters. The number of nitrogens with one attached hydrogen (secondary N) is 1. The zero-order valence-corrected chi connectivity index (χ0v) is 13.2. The van der Waals surface area contributed by atoms with Crippen molar-refractivity contribution in [2.45, 2.75) is 70.8 Å². The summed E-state index contributed by atoms with van der Waals surface area (Å²) in [5.41, 5.74) is 0.179.